The fraction of sp³-hybridized carbons (Fsp3) is 0.360. The Bertz CT molecular complexity index is 1400. The van der Waals surface area contributed by atoms with E-state index in [1.165, 1.54) is 10.4 Å². The van der Waals surface area contributed by atoms with Crippen molar-refractivity contribution in [3.8, 4) is 0 Å². The second-order valence-electron chi connectivity index (χ2n) is 9.08. The zero-order valence-corrected chi connectivity index (χ0v) is 22.0. The number of carbonyl (C=O) groups is 1. The molecule has 2 aromatic carbocycles. The first kappa shape index (κ1) is 26.5. The molecule has 202 valence electrons. The van der Waals surface area contributed by atoms with Gasteiger partial charge in [0, 0.05) is 37.9 Å². The number of piperidine rings is 1. The van der Waals surface area contributed by atoms with Gasteiger partial charge in [0.15, 0.2) is 5.13 Å². The number of anilines is 3. The average molecular weight is 564 g/mol. The van der Waals surface area contributed by atoms with E-state index in [0.717, 1.165) is 42.2 Å². The third-order valence-electron chi connectivity index (χ3n) is 6.68. The summed E-state index contributed by atoms with van der Waals surface area (Å²) in [5, 5.41) is 3.52. The highest BCUT2D eigenvalue weighted by molar-refractivity contribution is 7.89. The van der Waals surface area contributed by atoms with Crippen molar-refractivity contribution in [1.29, 1.82) is 0 Å². The molecule has 0 amide bonds. The zero-order valence-electron chi connectivity index (χ0n) is 20.4. The summed E-state index contributed by atoms with van der Waals surface area (Å²) >= 11 is 0.916. The van der Waals surface area contributed by atoms with Crippen LogP contribution in [0.15, 0.2) is 47.4 Å². The molecule has 0 aliphatic carbocycles. The molecule has 13 heteroatoms. The van der Waals surface area contributed by atoms with E-state index in [-0.39, 0.29) is 21.6 Å². The third kappa shape index (κ3) is 5.37. The Morgan fingerprint density at radius 1 is 1.03 bits per heavy atom. The van der Waals surface area contributed by atoms with Crippen LogP contribution in [0.2, 0.25) is 0 Å². The van der Waals surface area contributed by atoms with Crippen LogP contribution in [0.1, 0.15) is 28.1 Å². The van der Waals surface area contributed by atoms with Crippen molar-refractivity contribution in [2.45, 2.75) is 23.8 Å². The molecule has 1 aromatic heterocycles. The van der Waals surface area contributed by atoms with Crippen LogP contribution in [0.5, 0.6) is 0 Å². The van der Waals surface area contributed by atoms with Crippen LogP contribution in [-0.2, 0) is 14.8 Å². The number of nitrogens with two attached hydrogens (primary N) is 1. The van der Waals surface area contributed by atoms with Gasteiger partial charge in [0.25, 0.3) is 0 Å². The molecule has 0 radical (unpaired) electrons. The highest BCUT2D eigenvalue weighted by atomic mass is 32.2. The molecular weight excluding hydrogens is 536 g/mol. The molecule has 0 spiro atoms. The molecule has 38 heavy (non-hydrogen) atoms. The van der Waals surface area contributed by atoms with E-state index in [1.54, 1.807) is 12.1 Å². The molecule has 3 heterocycles. The number of rotatable bonds is 7. The maximum Gasteiger partial charge on any atom is 0.243 e. The van der Waals surface area contributed by atoms with Crippen molar-refractivity contribution < 1.29 is 26.7 Å². The predicted octanol–water partition coefficient (Wildman–Crippen LogP) is 3.34. The smallest absolute Gasteiger partial charge is 0.243 e. The fourth-order valence-corrected chi connectivity index (χ4v) is 6.98. The number of morpholine rings is 1. The zero-order chi connectivity index (χ0) is 26.9. The summed E-state index contributed by atoms with van der Waals surface area (Å²) in [6, 6.07) is 10.0. The number of nitrogen functional groups attached to an aromatic ring is 1. The van der Waals surface area contributed by atoms with Gasteiger partial charge in [0.05, 0.1) is 23.7 Å². The lowest BCUT2D eigenvalue weighted by Crippen LogP contribution is -2.42. The number of hydrogen-bond donors (Lipinski definition) is 2. The predicted molar refractivity (Wildman–Crippen MR) is 141 cm³/mol. The number of thiazole rings is 1. The molecule has 3 N–H and O–H groups in total. The molecule has 5 rings (SSSR count). The number of nitrogens with zero attached hydrogens (tertiary/aromatic N) is 3. The van der Waals surface area contributed by atoms with Crippen molar-refractivity contribution in [2.75, 3.05) is 55.3 Å². The lowest BCUT2D eigenvalue weighted by atomic mass is 10.1. The minimum atomic E-state index is -3.64. The van der Waals surface area contributed by atoms with Crippen molar-refractivity contribution >= 4 is 43.8 Å². The first-order valence-electron chi connectivity index (χ1n) is 12.2. The number of ketones is 1. The molecule has 2 aliphatic heterocycles. The van der Waals surface area contributed by atoms with Crippen LogP contribution < -0.4 is 16.0 Å². The van der Waals surface area contributed by atoms with E-state index in [2.05, 4.69) is 15.2 Å². The number of halogens is 2. The summed E-state index contributed by atoms with van der Waals surface area (Å²) in [6.45, 7) is 3.45. The number of carbonyl (C=O) groups excluding carboxylic acids is 1. The first-order valence-corrected chi connectivity index (χ1v) is 14.4. The van der Waals surface area contributed by atoms with E-state index in [1.807, 2.05) is 12.1 Å². The number of ether oxygens (including phenoxy) is 1. The van der Waals surface area contributed by atoms with Crippen molar-refractivity contribution in [3.05, 3.63) is 64.5 Å². The number of aromatic nitrogens is 1. The summed E-state index contributed by atoms with van der Waals surface area (Å²) in [4.78, 5) is 19.2. The molecular formula is C25H27F2N5O4S2. The third-order valence-corrected chi connectivity index (χ3v) is 9.60. The monoisotopic (exact) mass is 563 g/mol. The van der Waals surface area contributed by atoms with Crippen molar-refractivity contribution in [2.24, 2.45) is 0 Å². The first-order chi connectivity index (χ1) is 18.2. The van der Waals surface area contributed by atoms with Crippen LogP contribution in [0.4, 0.5) is 25.4 Å². The lowest BCUT2D eigenvalue weighted by molar-refractivity contribution is 0.103. The second kappa shape index (κ2) is 10.9. The fourth-order valence-electron chi connectivity index (χ4n) is 4.60. The van der Waals surface area contributed by atoms with Gasteiger partial charge in [-0.15, -0.1) is 0 Å². The van der Waals surface area contributed by atoms with Gasteiger partial charge < -0.3 is 20.7 Å². The van der Waals surface area contributed by atoms with Crippen LogP contribution in [0, 0.1) is 11.6 Å². The van der Waals surface area contributed by atoms with Gasteiger partial charge in [-0.2, -0.15) is 4.31 Å². The number of nitrogens with one attached hydrogen (secondary N) is 1. The molecule has 9 nitrogen and oxygen atoms in total. The van der Waals surface area contributed by atoms with Crippen LogP contribution >= 0.6 is 11.3 Å². The minimum absolute atomic E-state index is 0.0583. The molecule has 2 fully saturated rings. The molecule has 0 atom stereocenters. The van der Waals surface area contributed by atoms with Crippen LogP contribution in [0.3, 0.4) is 0 Å². The summed E-state index contributed by atoms with van der Waals surface area (Å²) in [6.07, 6.45) is 1.02. The summed E-state index contributed by atoms with van der Waals surface area (Å²) < 4.78 is 61.4. The number of sulfonamides is 1. The molecule has 0 saturated carbocycles. The van der Waals surface area contributed by atoms with Gasteiger partial charge in [0.2, 0.25) is 15.8 Å². The molecule has 0 bridgehead atoms. The van der Waals surface area contributed by atoms with Gasteiger partial charge >= 0.3 is 0 Å². The van der Waals surface area contributed by atoms with Gasteiger partial charge in [-0.3, -0.25) is 4.79 Å². The quantitative estimate of drug-likeness (QED) is 0.421. The topological polar surface area (TPSA) is 118 Å². The van der Waals surface area contributed by atoms with E-state index in [0.29, 0.717) is 44.3 Å². The number of benzene rings is 2. The van der Waals surface area contributed by atoms with Gasteiger partial charge in [-0.1, -0.05) is 17.4 Å². The SMILES string of the molecule is Nc1nc(NC2CCN(S(=O)(=O)c3ccc(N4CCOCC4)cc3)CC2)sc1C(=O)c1c(F)cccc1F. The van der Waals surface area contributed by atoms with Crippen LogP contribution in [0.25, 0.3) is 0 Å². The van der Waals surface area contributed by atoms with Crippen molar-refractivity contribution in [1.82, 2.24) is 9.29 Å². The molecule has 0 unspecified atom stereocenters. The summed E-state index contributed by atoms with van der Waals surface area (Å²) in [5.74, 6) is -2.93. The van der Waals surface area contributed by atoms with E-state index < -0.39 is 33.0 Å². The summed E-state index contributed by atoms with van der Waals surface area (Å²) in [5.41, 5.74) is 6.17. The highest BCUT2D eigenvalue weighted by Crippen LogP contribution is 2.31. The Morgan fingerprint density at radius 2 is 1.66 bits per heavy atom. The highest BCUT2D eigenvalue weighted by Gasteiger charge is 2.31. The molecule has 3 aromatic rings. The standard InChI is InChI=1S/C25H27F2N5O4S2/c26-19-2-1-3-20(27)21(19)22(33)23-24(28)30-25(37-23)29-16-8-10-32(11-9-16)38(34,35)18-6-4-17(5-7-18)31-12-14-36-15-13-31/h1-7,16H,8-15,28H2,(H,29,30). The van der Waals surface area contributed by atoms with Crippen LogP contribution in [-0.4, -0.2) is 68.9 Å². The largest absolute Gasteiger partial charge is 0.382 e. The normalized spacial score (nSPS) is 17.5. The van der Waals surface area contributed by atoms with Gasteiger partial charge in [-0.25, -0.2) is 22.2 Å². The minimum Gasteiger partial charge on any atom is -0.382 e. The van der Waals surface area contributed by atoms with E-state index >= 15 is 0 Å². The second-order valence-corrected chi connectivity index (χ2v) is 12.0. The maximum atomic E-state index is 14.1. The van der Waals surface area contributed by atoms with E-state index in [9.17, 15) is 22.0 Å². The Morgan fingerprint density at radius 3 is 2.29 bits per heavy atom. The van der Waals surface area contributed by atoms with Gasteiger partial charge in [0.1, 0.15) is 22.3 Å². The maximum absolute atomic E-state index is 14.1. The van der Waals surface area contributed by atoms with Crippen molar-refractivity contribution in [3.63, 3.8) is 0 Å². The Kier molecular flexibility index (Phi) is 7.61. The lowest BCUT2D eigenvalue weighted by Gasteiger charge is -2.32. The molecule has 2 saturated heterocycles. The Labute approximate surface area is 223 Å². The average Bonchev–Trinajstić information content (AvgIpc) is 3.29. The summed E-state index contributed by atoms with van der Waals surface area (Å²) in [7, 11) is -3.64. The van der Waals surface area contributed by atoms with E-state index in [4.69, 9.17) is 10.5 Å². The number of hydrogen-bond acceptors (Lipinski definition) is 9. The molecule has 2 aliphatic rings. The Hall–Kier alpha value is -3.13. The Balaban J connectivity index is 1.20. The van der Waals surface area contributed by atoms with Gasteiger partial charge in [-0.05, 0) is 49.2 Å².